The molecule has 1 aromatic carbocycles. The van der Waals surface area contributed by atoms with Crippen molar-refractivity contribution in [2.24, 2.45) is 0 Å². The lowest BCUT2D eigenvalue weighted by atomic mass is 10.2. The number of hydrogen-bond donors (Lipinski definition) is 0. The van der Waals surface area contributed by atoms with Crippen molar-refractivity contribution in [1.82, 2.24) is 9.78 Å². The van der Waals surface area contributed by atoms with Crippen LogP contribution in [0, 0.1) is 19.7 Å². The Kier molecular flexibility index (Phi) is 3.54. The van der Waals surface area contributed by atoms with Gasteiger partial charge in [0.05, 0.1) is 27.4 Å². The van der Waals surface area contributed by atoms with Crippen molar-refractivity contribution in [2.75, 3.05) is 0 Å². The van der Waals surface area contributed by atoms with E-state index < -0.39 is 0 Å². The van der Waals surface area contributed by atoms with Crippen LogP contribution in [0.15, 0.2) is 22.7 Å². The molecule has 0 atom stereocenters. The van der Waals surface area contributed by atoms with Crippen molar-refractivity contribution in [3.63, 3.8) is 0 Å². The van der Waals surface area contributed by atoms with Crippen LogP contribution in [0.5, 0.6) is 0 Å². The lowest BCUT2D eigenvalue weighted by molar-refractivity contribution is 0.608. The van der Waals surface area contributed by atoms with E-state index in [2.05, 4.69) is 21.0 Å². The highest BCUT2D eigenvalue weighted by Gasteiger charge is 2.11. The fraction of sp³-hybridized carbons (Fsp3) is 0.250. The summed E-state index contributed by atoms with van der Waals surface area (Å²) in [7, 11) is 0. The average Bonchev–Trinajstić information content (AvgIpc) is 2.53. The summed E-state index contributed by atoms with van der Waals surface area (Å²) in [5, 5.41) is 4.98. The second-order valence-corrected chi connectivity index (χ2v) is 5.03. The molecular weight excluding hydrogens is 307 g/mol. The number of aryl methyl sites for hydroxylation is 1. The van der Waals surface area contributed by atoms with Crippen LogP contribution < -0.4 is 0 Å². The number of benzene rings is 1. The minimum atomic E-state index is -0.268. The molecule has 1 heterocycles. The van der Waals surface area contributed by atoms with Gasteiger partial charge in [0.1, 0.15) is 5.82 Å². The van der Waals surface area contributed by atoms with E-state index in [9.17, 15) is 4.39 Å². The Hall–Kier alpha value is -0.870. The minimum absolute atomic E-state index is 0.268. The van der Waals surface area contributed by atoms with Crippen LogP contribution >= 0.6 is 27.5 Å². The molecular formula is C12H11BrClFN2. The van der Waals surface area contributed by atoms with Gasteiger partial charge in [0.15, 0.2) is 0 Å². The third-order valence-corrected chi connectivity index (χ3v) is 4.08. The summed E-state index contributed by atoms with van der Waals surface area (Å²) in [6.45, 7) is 4.25. The van der Waals surface area contributed by atoms with E-state index in [1.54, 1.807) is 10.7 Å². The van der Waals surface area contributed by atoms with Crippen LogP contribution in [0.4, 0.5) is 4.39 Å². The lowest BCUT2D eigenvalue weighted by Gasteiger charge is -2.07. The van der Waals surface area contributed by atoms with Crippen LogP contribution in [0.25, 0.3) is 0 Å². The van der Waals surface area contributed by atoms with E-state index >= 15 is 0 Å². The van der Waals surface area contributed by atoms with Crippen molar-refractivity contribution in [3.05, 3.63) is 50.5 Å². The molecule has 0 fully saturated rings. The van der Waals surface area contributed by atoms with Crippen LogP contribution in [-0.4, -0.2) is 9.78 Å². The SMILES string of the molecule is Cc1nn(Cc2cccc(F)c2Br)c(C)c1Cl. The minimum Gasteiger partial charge on any atom is -0.264 e. The smallest absolute Gasteiger partial charge is 0.137 e. The fourth-order valence-electron chi connectivity index (χ4n) is 1.66. The van der Waals surface area contributed by atoms with Crippen LogP contribution in [-0.2, 0) is 6.54 Å². The molecule has 0 saturated heterocycles. The maximum atomic E-state index is 13.4. The Morgan fingerprint density at radius 3 is 2.71 bits per heavy atom. The van der Waals surface area contributed by atoms with Gasteiger partial charge < -0.3 is 0 Å². The molecule has 5 heteroatoms. The summed E-state index contributed by atoms with van der Waals surface area (Å²) < 4.78 is 15.6. The third-order valence-electron chi connectivity index (χ3n) is 2.64. The summed E-state index contributed by atoms with van der Waals surface area (Å²) in [6.07, 6.45) is 0. The first-order valence-electron chi connectivity index (χ1n) is 5.13. The molecule has 0 unspecified atom stereocenters. The van der Waals surface area contributed by atoms with Gasteiger partial charge in [-0.3, -0.25) is 4.68 Å². The highest BCUT2D eigenvalue weighted by atomic mass is 79.9. The summed E-state index contributed by atoms with van der Waals surface area (Å²) in [6, 6.07) is 4.96. The van der Waals surface area contributed by atoms with Gasteiger partial charge in [-0.1, -0.05) is 23.7 Å². The zero-order chi connectivity index (χ0) is 12.6. The van der Waals surface area contributed by atoms with Crippen LogP contribution in [0.2, 0.25) is 5.02 Å². The van der Waals surface area contributed by atoms with E-state index in [1.165, 1.54) is 6.07 Å². The normalized spacial score (nSPS) is 10.9. The topological polar surface area (TPSA) is 17.8 Å². The van der Waals surface area contributed by atoms with Crippen LogP contribution in [0.1, 0.15) is 17.0 Å². The summed E-state index contributed by atoms with van der Waals surface area (Å²) in [4.78, 5) is 0. The monoisotopic (exact) mass is 316 g/mol. The van der Waals surface area contributed by atoms with Gasteiger partial charge in [0.2, 0.25) is 0 Å². The molecule has 2 nitrogen and oxygen atoms in total. The molecule has 2 rings (SSSR count). The second kappa shape index (κ2) is 4.78. The maximum absolute atomic E-state index is 13.4. The number of aromatic nitrogens is 2. The number of hydrogen-bond acceptors (Lipinski definition) is 1. The molecule has 0 bridgehead atoms. The van der Waals surface area contributed by atoms with E-state index in [1.807, 2.05) is 19.9 Å². The van der Waals surface area contributed by atoms with Gasteiger partial charge in [-0.2, -0.15) is 5.10 Å². The molecule has 0 aliphatic carbocycles. The Morgan fingerprint density at radius 1 is 1.41 bits per heavy atom. The number of nitrogens with zero attached hydrogens (tertiary/aromatic N) is 2. The largest absolute Gasteiger partial charge is 0.264 e. The Balaban J connectivity index is 2.38. The molecule has 0 N–H and O–H groups in total. The molecule has 1 aromatic heterocycles. The van der Waals surface area contributed by atoms with Crippen molar-refractivity contribution < 1.29 is 4.39 Å². The molecule has 2 aromatic rings. The van der Waals surface area contributed by atoms with Gasteiger partial charge in [-0.15, -0.1) is 0 Å². The predicted molar refractivity (Wildman–Crippen MR) is 69.9 cm³/mol. The molecule has 0 spiro atoms. The first-order valence-corrected chi connectivity index (χ1v) is 6.30. The molecule has 0 aliphatic heterocycles. The first kappa shape index (κ1) is 12.6. The van der Waals surface area contributed by atoms with E-state index in [-0.39, 0.29) is 5.82 Å². The molecule has 90 valence electrons. The second-order valence-electron chi connectivity index (χ2n) is 3.86. The summed E-state index contributed by atoms with van der Waals surface area (Å²) in [5.41, 5.74) is 2.52. The van der Waals surface area contributed by atoms with Gasteiger partial charge in [-0.25, -0.2) is 4.39 Å². The van der Waals surface area contributed by atoms with Gasteiger partial charge >= 0.3 is 0 Å². The zero-order valence-corrected chi connectivity index (χ0v) is 11.8. The molecule has 0 amide bonds. The van der Waals surface area contributed by atoms with Crippen LogP contribution in [0.3, 0.4) is 0 Å². The quantitative estimate of drug-likeness (QED) is 0.815. The Labute approximate surface area is 113 Å². The van der Waals surface area contributed by atoms with Gasteiger partial charge in [0, 0.05) is 0 Å². The highest BCUT2D eigenvalue weighted by Crippen LogP contribution is 2.24. The predicted octanol–water partition coefficient (Wildman–Crippen LogP) is 4.10. The molecule has 0 aliphatic rings. The van der Waals surface area contributed by atoms with Crippen molar-refractivity contribution in [3.8, 4) is 0 Å². The molecule has 0 saturated carbocycles. The summed E-state index contributed by atoms with van der Waals surface area (Å²) >= 11 is 9.30. The van der Waals surface area contributed by atoms with E-state index in [0.717, 1.165) is 17.0 Å². The molecule has 17 heavy (non-hydrogen) atoms. The van der Waals surface area contributed by atoms with E-state index in [0.29, 0.717) is 16.0 Å². The number of halogens is 3. The fourth-order valence-corrected chi connectivity index (χ4v) is 2.19. The summed E-state index contributed by atoms with van der Waals surface area (Å²) in [5.74, 6) is -0.268. The van der Waals surface area contributed by atoms with Crippen molar-refractivity contribution in [1.29, 1.82) is 0 Å². The van der Waals surface area contributed by atoms with Gasteiger partial charge in [0.25, 0.3) is 0 Å². The zero-order valence-electron chi connectivity index (χ0n) is 9.47. The lowest BCUT2D eigenvalue weighted by Crippen LogP contribution is -2.05. The Morgan fingerprint density at radius 2 is 2.12 bits per heavy atom. The average molecular weight is 318 g/mol. The molecule has 0 radical (unpaired) electrons. The standard InChI is InChI=1S/C12H11BrClFN2/c1-7-12(14)8(2)17(16-7)6-9-4-3-5-10(15)11(9)13/h3-5H,6H2,1-2H3. The van der Waals surface area contributed by atoms with Crippen molar-refractivity contribution in [2.45, 2.75) is 20.4 Å². The number of rotatable bonds is 2. The highest BCUT2D eigenvalue weighted by molar-refractivity contribution is 9.10. The Bertz CT molecular complexity index is 566. The van der Waals surface area contributed by atoms with Gasteiger partial charge in [-0.05, 0) is 41.4 Å². The third kappa shape index (κ3) is 2.38. The first-order chi connectivity index (χ1) is 8.00. The maximum Gasteiger partial charge on any atom is 0.137 e. The van der Waals surface area contributed by atoms with Crippen molar-refractivity contribution >= 4 is 27.5 Å². The van der Waals surface area contributed by atoms with E-state index in [4.69, 9.17) is 11.6 Å².